The van der Waals surface area contributed by atoms with Crippen molar-refractivity contribution in [1.29, 1.82) is 0 Å². The largest absolute Gasteiger partial charge is 0.370 e. The third-order valence-corrected chi connectivity index (χ3v) is 5.94. The van der Waals surface area contributed by atoms with Crippen LogP contribution in [0, 0.1) is 0 Å². The predicted octanol–water partition coefficient (Wildman–Crippen LogP) is 3.54. The van der Waals surface area contributed by atoms with Gasteiger partial charge in [-0.15, -0.1) is 0 Å². The first-order valence-corrected chi connectivity index (χ1v) is 9.15. The summed E-state index contributed by atoms with van der Waals surface area (Å²) in [5.74, 6) is 0.604. The van der Waals surface area contributed by atoms with Crippen LogP contribution in [0.15, 0.2) is 29.2 Å². The van der Waals surface area contributed by atoms with Gasteiger partial charge >= 0.3 is 0 Å². The molecule has 0 radical (unpaired) electrons. The highest BCUT2D eigenvalue weighted by Gasteiger charge is 2.38. The van der Waals surface area contributed by atoms with Crippen LogP contribution < -0.4 is 0 Å². The molecule has 1 aliphatic heterocycles. The van der Waals surface area contributed by atoms with Crippen LogP contribution in [-0.2, 0) is 14.6 Å². The van der Waals surface area contributed by atoms with Crippen LogP contribution in [0.25, 0.3) is 0 Å². The van der Waals surface area contributed by atoms with Gasteiger partial charge in [0.25, 0.3) is 0 Å². The van der Waals surface area contributed by atoms with Crippen LogP contribution >= 0.6 is 0 Å². The molecular weight excluding hydrogens is 272 g/mol. The summed E-state index contributed by atoms with van der Waals surface area (Å²) in [6.45, 7) is 5.99. The molecule has 0 amide bonds. The lowest BCUT2D eigenvalue weighted by molar-refractivity contribution is 0.349. The smallest absolute Gasteiger partial charge is 0.178 e. The molecule has 112 valence electrons. The van der Waals surface area contributed by atoms with Crippen LogP contribution in [0.2, 0.25) is 0 Å². The number of epoxide rings is 1. The van der Waals surface area contributed by atoms with Crippen LogP contribution in [0.4, 0.5) is 0 Å². The van der Waals surface area contributed by atoms with Crippen LogP contribution in [0.5, 0.6) is 0 Å². The van der Waals surface area contributed by atoms with Crippen molar-refractivity contribution in [3.8, 4) is 0 Å². The Kier molecular flexibility index (Phi) is 4.86. The quantitative estimate of drug-likeness (QED) is 0.723. The fourth-order valence-electron chi connectivity index (χ4n) is 2.68. The molecule has 1 aliphatic rings. The Morgan fingerprint density at radius 2 is 1.75 bits per heavy atom. The van der Waals surface area contributed by atoms with Gasteiger partial charge in [-0.1, -0.05) is 32.9 Å². The molecule has 1 saturated heterocycles. The summed E-state index contributed by atoms with van der Waals surface area (Å²) in [5.41, 5.74) is 1.22. The van der Waals surface area contributed by atoms with E-state index in [-0.39, 0.29) is 5.75 Å². The minimum atomic E-state index is -3.10. The Labute approximate surface area is 122 Å². The fourth-order valence-corrected chi connectivity index (χ4v) is 3.56. The number of sulfone groups is 1. The van der Waals surface area contributed by atoms with Crippen molar-refractivity contribution in [3.63, 3.8) is 0 Å². The second-order valence-electron chi connectivity index (χ2n) is 5.43. The standard InChI is InChI=1S/C16H24O3S/c1-4-12(11-16-15(5-2)19-16)13-7-9-14(10-8-13)20(17,18)6-3/h7-10,12,15-16H,4-6,11H2,1-3H3. The van der Waals surface area contributed by atoms with E-state index in [4.69, 9.17) is 4.74 Å². The van der Waals surface area contributed by atoms with Gasteiger partial charge in [-0.05, 0) is 42.9 Å². The van der Waals surface area contributed by atoms with Crippen molar-refractivity contribution in [2.75, 3.05) is 5.75 Å². The Morgan fingerprint density at radius 3 is 2.20 bits per heavy atom. The topological polar surface area (TPSA) is 46.7 Å². The average Bonchev–Trinajstić information content (AvgIpc) is 3.23. The Hall–Kier alpha value is -0.870. The number of hydrogen-bond acceptors (Lipinski definition) is 3. The Balaban J connectivity index is 2.08. The number of rotatable bonds is 7. The minimum absolute atomic E-state index is 0.150. The van der Waals surface area contributed by atoms with Gasteiger partial charge < -0.3 is 4.74 Å². The lowest BCUT2D eigenvalue weighted by Gasteiger charge is -2.14. The van der Waals surface area contributed by atoms with Crippen LogP contribution in [0.3, 0.4) is 0 Å². The third-order valence-electron chi connectivity index (χ3n) is 4.19. The summed E-state index contributed by atoms with van der Waals surface area (Å²) in [5, 5.41) is 0. The monoisotopic (exact) mass is 296 g/mol. The minimum Gasteiger partial charge on any atom is -0.370 e. The zero-order valence-electron chi connectivity index (χ0n) is 12.5. The molecule has 4 heteroatoms. The molecule has 1 aromatic rings. The number of ether oxygens (including phenoxy) is 1. The predicted molar refractivity (Wildman–Crippen MR) is 80.8 cm³/mol. The molecular formula is C16H24O3S. The number of benzene rings is 1. The first-order chi connectivity index (χ1) is 9.51. The molecule has 0 aromatic heterocycles. The second-order valence-corrected chi connectivity index (χ2v) is 7.71. The van der Waals surface area contributed by atoms with E-state index in [1.807, 2.05) is 12.1 Å². The normalized spacial score (nSPS) is 23.6. The highest BCUT2D eigenvalue weighted by atomic mass is 32.2. The first-order valence-electron chi connectivity index (χ1n) is 7.50. The molecule has 1 heterocycles. The van der Waals surface area contributed by atoms with Gasteiger partial charge in [0.05, 0.1) is 22.9 Å². The highest BCUT2D eigenvalue weighted by molar-refractivity contribution is 7.91. The lowest BCUT2D eigenvalue weighted by atomic mass is 9.91. The summed E-state index contributed by atoms with van der Waals surface area (Å²) in [6, 6.07) is 7.39. The maximum atomic E-state index is 11.8. The summed E-state index contributed by atoms with van der Waals surface area (Å²) in [7, 11) is -3.10. The lowest BCUT2D eigenvalue weighted by Crippen LogP contribution is -2.06. The van der Waals surface area contributed by atoms with Gasteiger partial charge in [0.15, 0.2) is 9.84 Å². The maximum Gasteiger partial charge on any atom is 0.178 e. The SMILES string of the molecule is CCC(CC1OC1CC)c1ccc(S(=O)(=O)CC)cc1. The van der Waals surface area contributed by atoms with Crippen molar-refractivity contribution < 1.29 is 13.2 Å². The molecule has 1 fully saturated rings. The molecule has 0 spiro atoms. The van der Waals surface area contributed by atoms with E-state index in [2.05, 4.69) is 13.8 Å². The van der Waals surface area contributed by atoms with Gasteiger partial charge in [-0.25, -0.2) is 8.42 Å². The van der Waals surface area contributed by atoms with Crippen LogP contribution in [-0.4, -0.2) is 26.4 Å². The second kappa shape index (κ2) is 6.27. The Bertz CT molecular complexity index is 533. The van der Waals surface area contributed by atoms with Gasteiger partial charge in [-0.2, -0.15) is 0 Å². The summed E-state index contributed by atoms with van der Waals surface area (Å²) in [4.78, 5) is 0.424. The summed E-state index contributed by atoms with van der Waals surface area (Å²) < 4.78 is 29.2. The van der Waals surface area contributed by atoms with Crippen molar-refractivity contribution in [1.82, 2.24) is 0 Å². The molecule has 1 aromatic carbocycles. The van der Waals surface area contributed by atoms with E-state index in [1.165, 1.54) is 5.56 Å². The summed E-state index contributed by atoms with van der Waals surface area (Å²) >= 11 is 0. The van der Waals surface area contributed by atoms with E-state index in [9.17, 15) is 8.42 Å². The highest BCUT2D eigenvalue weighted by Crippen LogP contribution is 2.36. The van der Waals surface area contributed by atoms with E-state index >= 15 is 0 Å². The molecule has 0 bridgehead atoms. The summed E-state index contributed by atoms with van der Waals surface area (Å²) in [6.07, 6.45) is 3.99. The number of hydrogen-bond donors (Lipinski definition) is 0. The maximum absolute atomic E-state index is 11.8. The van der Waals surface area contributed by atoms with E-state index < -0.39 is 9.84 Å². The fraction of sp³-hybridized carbons (Fsp3) is 0.625. The molecule has 0 saturated carbocycles. The van der Waals surface area contributed by atoms with Crippen molar-refractivity contribution in [2.45, 2.75) is 63.1 Å². The molecule has 3 atom stereocenters. The molecule has 20 heavy (non-hydrogen) atoms. The van der Waals surface area contributed by atoms with E-state index in [0.29, 0.717) is 23.0 Å². The van der Waals surface area contributed by atoms with Crippen molar-refractivity contribution in [2.24, 2.45) is 0 Å². The molecule has 2 rings (SSSR count). The molecule has 0 aliphatic carbocycles. The first kappa shape index (κ1) is 15.5. The van der Waals surface area contributed by atoms with Gasteiger partial charge in [0.2, 0.25) is 0 Å². The van der Waals surface area contributed by atoms with E-state index in [1.54, 1.807) is 19.1 Å². The zero-order chi connectivity index (χ0) is 14.8. The van der Waals surface area contributed by atoms with E-state index in [0.717, 1.165) is 19.3 Å². The zero-order valence-corrected chi connectivity index (χ0v) is 13.3. The third kappa shape index (κ3) is 3.41. The van der Waals surface area contributed by atoms with Gasteiger partial charge in [0, 0.05) is 0 Å². The van der Waals surface area contributed by atoms with Crippen LogP contribution in [0.1, 0.15) is 51.5 Å². The molecule has 0 N–H and O–H groups in total. The molecule has 3 nitrogen and oxygen atoms in total. The molecule has 3 unspecified atom stereocenters. The van der Waals surface area contributed by atoms with Crippen molar-refractivity contribution >= 4 is 9.84 Å². The van der Waals surface area contributed by atoms with Gasteiger partial charge in [0.1, 0.15) is 0 Å². The van der Waals surface area contributed by atoms with Crippen molar-refractivity contribution in [3.05, 3.63) is 29.8 Å². The Morgan fingerprint density at radius 1 is 1.10 bits per heavy atom. The average molecular weight is 296 g/mol. The van der Waals surface area contributed by atoms with Gasteiger partial charge in [-0.3, -0.25) is 0 Å².